The van der Waals surface area contributed by atoms with Crippen LogP contribution in [0.5, 0.6) is 0 Å². The summed E-state index contributed by atoms with van der Waals surface area (Å²) in [6.45, 7) is 0. The van der Waals surface area contributed by atoms with E-state index in [4.69, 9.17) is 0 Å². The lowest BCUT2D eigenvalue weighted by Gasteiger charge is -2.30. The highest BCUT2D eigenvalue weighted by Gasteiger charge is 2.34. The Kier molecular flexibility index (Phi) is 3.14. The maximum absolute atomic E-state index is 3.79. The largest absolute Gasteiger partial charge is 0.382 e. The Morgan fingerprint density at radius 3 is 2.50 bits per heavy atom. The minimum Gasteiger partial charge on any atom is -0.382 e. The van der Waals surface area contributed by atoms with Gasteiger partial charge in [0.15, 0.2) is 0 Å². The van der Waals surface area contributed by atoms with E-state index in [1.807, 2.05) is 0 Å². The molecule has 104 valence electrons. The van der Waals surface area contributed by atoms with Crippen molar-refractivity contribution >= 4 is 16.5 Å². The van der Waals surface area contributed by atoms with Crippen molar-refractivity contribution < 1.29 is 0 Å². The molecule has 2 unspecified atom stereocenters. The fourth-order valence-corrected chi connectivity index (χ4v) is 3.87. The number of benzene rings is 2. The second-order valence-corrected chi connectivity index (χ2v) is 6.67. The highest BCUT2D eigenvalue weighted by atomic mass is 14.9. The molecule has 1 nitrogen and oxygen atoms in total. The van der Waals surface area contributed by atoms with Crippen molar-refractivity contribution in [2.75, 3.05) is 5.32 Å². The molecular formula is C19H23N. The molecule has 2 atom stereocenters. The van der Waals surface area contributed by atoms with Gasteiger partial charge < -0.3 is 5.32 Å². The lowest BCUT2D eigenvalue weighted by molar-refractivity contribution is 0.303. The van der Waals surface area contributed by atoms with Crippen LogP contribution in [0.4, 0.5) is 5.69 Å². The SMILES string of the molecule is c1ccc2cc(NC3CCCC(C4CC4)C3)ccc2c1. The first-order valence-electron chi connectivity index (χ1n) is 8.14. The summed E-state index contributed by atoms with van der Waals surface area (Å²) in [5, 5.41) is 6.46. The predicted octanol–water partition coefficient (Wildman–Crippen LogP) is 5.22. The van der Waals surface area contributed by atoms with Crippen LogP contribution < -0.4 is 5.32 Å². The van der Waals surface area contributed by atoms with E-state index in [1.54, 1.807) is 0 Å². The lowest BCUT2D eigenvalue weighted by atomic mass is 9.82. The first-order chi connectivity index (χ1) is 9.88. The van der Waals surface area contributed by atoms with Crippen molar-refractivity contribution in [2.45, 2.75) is 44.6 Å². The fourth-order valence-electron chi connectivity index (χ4n) is 3.87. The van der Waals surface area contributed by atoms with Crippen molar-refractivity contribution in [1.29, 1.82) is 0 Å². The molecule has 0 bridgehead atoms. The Bertz CT molecular complexity index is 599. The summed E-state index contributed by atoms with van der Waals surface area (Å²) in [5.74, 6) is 2.07. The monoisotopic (exact) mass is 265 g/mol. The molecule has 4 rings (SSSR count). The molecule has 0 amide bonds. The van der Waals surface area contributed by atoms with Crippen molar-refractivity contribution in [3.63, 3.8) is 0 Å². The molecule has 0 saturated heterocycles. The van der Waals surface area contributed by atoms with E-state index in [0.29, 0.717) is 6.04 Å². The smallest absolute Gasteiger partial charge is 0.0348 e. The summed E-state index contributed by atoms with van der Waals surface area (Å²) in [4.78, 5) is 0. The first kappa shape index (κ1) is 12.3. The quantitative estimate of drug-likeness (QED) is 0.802. The zero-order chi connectivity index (χ0) is 13.4. The van der Waals surface area contributed by atoms with E-state index in [9.17, 15) is 0 Å². The molecule has 0 heterocycles. The standard InChI is InChI=1S/C19H23N/c1-2-5-16-13-19(11-10-14(16)4-1)20-18-7-3-6-17(12-18)15-8-9-15/h1-2,4-5,10-11,13,15,17-18,20H,3,6-9,12H2. The molecule has 2 aliphatic rings. The van der Waals surface area contributed by atoms with Gasteiger partial charge in [-0.25, -0.2) is 0 Å². The van der Waals surface area contributed by atoms with Crippen LogP contribution in [0, 0.1) is 11.8 Å². The van der Waals surface area contributed by atoms with E-state index >= 15 is 0 Å². The number of hydrogen-bond donors (Lipinski definition) is 1. The van der Waals surface area contributed by atoms with E-state index in [1.165, 1.54) is 55.0 Å². The maximum atomic E-state index is 3.79. The van der Waals surface area contributed by atoms with Crippen LogP contribution in [-0.2, 0) is 0 Å². The van der Waals surface area contributed by atoms with Gasteiger partial charge in [0.2, 0.25) is 0 Å². The zero-order valence-corrected chi connectivity index (χ0v) is 12.0. The minimum atomic E-state index is 0.690. The first-order valence-corrected chi connectivity index (χ1v) is 8.14. The fraction of sp³-hybridized carbons (Fsp3) is 0.474. The van der Waals surface area contributed by atoms with Crippen molar-refractivity contribution in [1.82, 2.24) is 0 Å². The Morgan fingerprint density at radius 1 is 0.800 bits per heavy atom. The molecular weight excluding hydrogens is 242 g/mol. The van der Waals surface area contributed by atoms with Crippen LogP contribution in [0.3, 0.4) is 0 Å². The third kappa shape index (κ3) is 2.54. The van der Waals surface area contributed by atoms with E-state index < -0.39 is 0 Å². The second-order valence-electron chi connectivity index (χ2n) is 6.67. The van der Waals surface area contributed by atoms with Crippen LogP contribution in [-0.4, -0.2) is 6.04 Å². The van der Waals surface area contributed by atoms with Crippen molar-refractivity contribution in [2.24, 2.45) is 11.8 Å². The van der Waals surface area contributed by atoms with Crippen LogP contribution in [0.25, 0.3) is 10.8 Å². The molecule has 1 N–H and O–H groups in total. The number of rotatable bonds is 3. The summed E-state index contributed by atoms with van der Waals surface area (Å²) in [7, 11) is 0. The van der Waals surface area contributed by atoms with Gasteiger partial charge in [0.25, 0.3) is 0 Å². The summed E-state index contributed by atoms with van der Waals surface area (Å²) >= 11 is 0. The summed E-state index contributed by atoms with van der Waals surface area (Å²) in [6, 6.07) is 16.1. The van der Waals surface area contributed by atoms with Gasteiger partial charge in [-0.2, -0.15) is 0 Å². The third-order valence-corrected chi connectivity index (χ3v) is 5.12. The molecule has 2 saturated carbocycles. The highest BCUT2D eigenvalue weighted by molar-refractivity contribution is 5.85. The van der Waals surface area contributed by atoms with Gasteiger partial charge in [-0.15, -0.1) is 0 Å². The van der Waals surface area contributed by atoms with Crippen molar-refractivity contribution in [3.05, 3.63) is 42.5 Å². The van der Waals surface area contributed by atoms with Gasteiger partial charge >= 0.3 is 0 Å². The molecule has 2 aromatic carbocycles. The molecule has 0 aliphatic heterocycles. The molecule has 2 fully saturated rings. The number of hydrogen-bond acceptors (Lipinski definition) is 1. The average Bonchev–Trinajstić information content (AvgIpc) is 3.32. The highest BCUT2D eigenvalue weighted by Crippen LogP contribution is 2.44. The van der Waals surface area contributed by atoms with Crippen LogP contribution in [0.15, 0.2) is 42.5 Å². The Hall–Kier alpha value is -1.50. The van der Waals surface area contributed by atoms with E-state index in [0.717, 1.165) is 11.8 Å². The third-order valence-electron chi connectivity index (χ3n) is 5.12. The molecule has 0 radical (unpaired) electrons. The Balaban J connectivity index is 1.48. The topological polar surface area (TPSA) is 12.0 Å². The van der Waals surface area contributed by atoms with Gasteiger partial charge in [0.1, 0.15) is 0 Å². The zero-order valence-electron chi connectivity index (χ0n) is 12.0. The number of fused-ring (bicyclic) bond motifs is 1. The molecule has 0 aromatic heterocycles. The maximum Gasteiger partial charge on any atom is 0.0348 e. The number of nitrogens with one attached hydrogen (secondary N) is 1. The molecule has 1 heteroatoms. The minimum absolute atomic E-state index is 0.690. The Labute approximate surface area is 121 Å². The molecule has 2 aromatic rings. The van der Waals surface area contributed by atoms with Gasteiger partial charge in [-0.05, 0) is 60.4 Å². The van der Waals surface area contributed by atoms with Crippen LogP contribution >= 0.6 is 0 Å². The average molecular weight is 265 g/mol. The predicted molar refractivity (Wildman–Crippen MR) is 86.0 cm³/mol. The lowest BCUT2D eigenvalue weighted by Crippen LogP contribution is -2.28. The van der Waals surface area contributed by atoms with Gasteiger partial charge in [0.05, 0.1) is 0 Å². The number of anilines is 1. The van der Waals surface area contributed by atoms with Gasteiger partial charge in [0, 0.05) is 11.7 Å². The van der Waals surface area contributed by atoms with Gasteiger partial charge in [-0.1, -0.05) is 43.2 Å². The summed E-state index contributed by atoms with van der Waals surface area (Å²) in [5.41, 5.74) is 1.30. The summed E-state index contributed by atoms with van der Waals surface area (Å²) < 4.78 is 0. The van der Waals surface area contributed by atoms with Gasteiger partial charge in [-0.3, -0.25) is 0 Å². The Morgan fingerprint density at radius 2 is 1.65 bits per heavy atom. The molecule has 0 spiro atoms. The summed E-state index contributed by atoms with van der Waals surface area (Å²) in [6.07, 6.45) is 8.60. The molecule has 20 heavy (non-hydrogen) atoms. The van der Waals surface area contributed by atoms with Crippen LogP contribution in [0.1, 0.15) is 38.5 Å². The second kappa shape index (κ2) is 5.12. The van der Waals surface area contributed by atoms with Crippen molar-refractivity contribution in [3.8, 4) is 0 Å². The molecule has 2 aliphatic carbocycles. The van der Waals surface area contributed by atoms with E-state index in [-0.39, 0.29) is 0 Å². The normalized spacial score (nSPS) is 26.6. The van der Waals surface area contributed by atoms with E-state index in [2.05, 4.69) is 47.8 Å². The van der Waals surface area contributed by atoms with Crippen LogP contribution in [0.2, 0.25) is 0 Å².